The van der Waals surface area contributed by atoms with Crippen LogP contribution in [-0.4, -0.2) is 36.7 Å². The number of nitrogens with zero attached hydrogens (tertiary/aromatic N) is 3. The topological polar surface area (TPSA) is 82.8 Å². The molecule has 0 saturated heterocycles. The lowest BCUT2D eigenvalue weighted by molar-refractivity contribution is -0.117. The molecule has 158 valence electrons. The van der Waals surface area contributed by atoms with Crippen molar-refractivity contribution in [3.8, 4) is 0 Å². The monoisotopic (exact) mass is 511 g/mol. The van der Waals surface area contributed by atoms with Crippen LogP contribution in [0.4, 0.5) is 5.69 Å². The smallest absolute Gasteiger partial charge is 0.248 e. The van der Waals surface area contributed by atoms with Gasteiger partial charge in [0.25, 0.3) is 0 Å². The number of amides is 1. The molecule has 0 spiro atoms. The third-order valence-electron chi connectivity index (χ3n) is 4.73. The Morgan fingerprint density at radius 1 is 1.31 bits per heavy atom. The van der Waals surface area contributed by atoms with Gasteiger partial charge in [-0.1, -0.05) is 37.2 Å². The summed E-state index contributed by atoms with van der Waals surface area (Å²) < 4.78 is 5.34. The SMILES string of the molecule is CCNC(=NCC(=O)N1CCCc2ccccc21)NCc1cc(C(C)C)no1.I. The lowest BCUT2D eigenvalue weighted by Crippen LogP contribution is -2.40. The van der Waals surface area contributed by atoms with Crippen LogP contribution in [0.15, 0.2) is 39.8 Å². The van der Waals surface area contributed by atoms with Gasteiger partial charge < -0.3 is 20.1 Å². The van der Waals surface area contributed by atoms with E-state index in [-0.39, 0.29) is 36.4 Å². The van der Waals surface area contributed by atoms with Gasteiger partial charge in [-0.2, -0.15) is 0 Å². The third-order valence-corrected chi connectivity index (χ3v) is 4.73. The highest BCUT2D eigenvalue weighted by molar-refractivity contribution is 14.0. The van der Waals surface area contributed by atoms with Crippen molar-refractivity contribution >= 4 is 41.5 Å². The second-order valence-electron chi connectivity index (χ2n) is 7.20. The zero-order valence-electron chi connectivity index (χ0n) is 17.3. The van der Waals surface area contributed by atoms with Crippen LogP contribution < -0.4 is 15.5 Å². The molecule has 0 bridgehead atoms. The molecule has 0 atom stereocenters. The molecule has 8 heteroatoms. The van der Waals surface area contributed by atoms with E-state index < -0.39 is 0 Å². The summed E-state index contributed by atoms with van der Waals surface area (Å²) in [6, 6.07) is 10.0. The number of aromatic nitrogens is 1. The minimum atomic E-state index is 0. The number of nitrogens with one attached hydrogen (secondary N) is 2. The highest BCUT2D eigenvalue weighted by Gasteiger charge is 2.21. The van der Waals surface area contributed by atoms with Gasteiger partial charge in [0.15, 0.2) is 11.7 Å². The van der Waals surface area contributed by atoms with Crippen molar-refractivity contribution in [2.24, 2.45) is 4.99 Å². The predicted octanol–water partition coefficient (Wildman–Crippen LogP) is 3.45. The van der Waals surface area contributed by atoms with Gasteiger partial charge in [-0.05, 0) is 37.3 Å². The fourth-order valence-corrected chi connectivity index (χ4v) is 3.22. The number of halogens is 1. The number of hydrogen-bond acceptors (Lipinski definition) is 4. The maximum absolute atomic E-state index is 12.8. The summed E-state index contributed by atoms with van der Waals surface area (Å²) in [6.07, 6.45) is 2.00. The number of aliphatic imine (C=N–C) groups is 1. The van der Waals surface area contributed by atoms with Crippen molar-refractivity contribution in [3.63, 3.8) is 0 Å². The number of anilines is 1. The van der Waals surface area contributed by atoms with E-state index in [0.717, 1.165) is 36.5 Å². The maximum atomic E-state index is 12.8. The first-order chi connectivity index (χ1) is 13.6. The van der Waals surface area contributed by atoms with Crippen LogP contribution in [0, 0.1) is 0 Å². The summed E-state index contributed by atoms with van der Waals surface area (Å²) in [6.45, 7) is 8.15. The van der Waals surface area contributed by atoms with Crippen LogP contribution in [-0.2, 0) is 17.8 Å². The van der Waals surface area contributed by atoms with Gasteiger partial charge in [0.1, 0.15) is 6.54 Å². The Hall–Kier alpha value is -2.10. The molecule has 7 nitrogen and oxygen atoms in total. The van der Waals surface area contributed by atoms with E-state index in [9.17, 15) is 4.79 Å². The fourth-order valence-electron chi connectivity index (χ4n) is 3.22. The number of hydrogen-bond donors (Lipinski definition) is 2. The summed E-state index contributed by atoms with van der Waals surface area (Å²) in [4.78, 5) is 19.1. The largest absolute Gasteiger partial charge is 0.359 e. The van der Waals surface area contributed by atoms with Crippen LogP contribution in [0.2, 0.25) is 0 Å². The molecule has 1 aromatic carbocycles. The molecule has 3 rings (SSSR count). The Morgan fingerprint density at radius 2 is 2.10 bits per heavy atom. The number of fused-ring (bicyclic) bond motifs is 1. The lowest BCUT2D eigenvalue weighted by atomic mass is 10.0. The van der Waals surface area contributed by atoms with E-state index >= 15 is 0 Å². The standard InChI is InChI=1S/C21H29N5O2.HI/c1-4-22-21(23-13-17-12-18(15(2)3)25-28-17)24-14-20(27)26-11-7-9-16-8-5-6-10-19(16)26;/h5-6,8,10,12,15H,4,7,9,11,13-14H2,1-3H3,(H2,22,23,24);1H. The van der Waals surface area contributed by atoms with Crippen molar-refractivity contribution in [2.45, 2.75) is 46.1 Å². The molecule has 0 fully saturated rings. The van der Waals surface area contributed by atoms with Crippen LogP contribution in [0.25, 0.3) is 0 Å². The molecule has 2 aromatic rings. The van der Waals surface area contributed by atoms with E-state index in [1.807, 2.05) is 36.1 Å². The first-order valence-electron chi connectivity index (χ1n) is 9.94. The lowest BCUT2D eigenvalue weighted by Gasteiger charge is -2.29. The van der Waals surface area contributed by atoms with E-state index in [0.29, 0.717) is 25.0 Å². The van der Waals surface area contributed by atoms with Gasteiger partial charge >= 0.3 is 0 Å². The molecule has 1 aromatic heterocycles. The fraction of sp³-hybridized carbons (Fsp3) is 0.476. The Balaban J connectivity index is 0.00000300. The zero-order valence-corrected chi connectivity index (χ0v) is 19.6. The molecule has 0 radical (unpaired) electrons. The molecule has 0 aliphatic carbocycles. The zero-order chi connectivity index (χ0) is 19.9. The van der Waals surface area contributed by atoms with Gasteiger partial charge in [-0.15, -0.1) is 24.0 Å². The van der Waals surface area contributed by atoms with Gasteiger partial charge in [-0.25, -0.2) is 4.99 Å². The van der Waals surface area contributed by atoms with E-state index in [4.69, 9.17) is 4.52 Å². The molecule has 1 aliphatic heterocycles. The Kier molecular flexibility index (Phi) is 8.94. The highest BCUT2D eigenvalue weighted by Crippen LogP contribution is 2.26. The molecular formula is C21H30IN5O2. The normalized spacial score (nSPS) is 13.7. The van der Waals surface area contributed by atoms with Crippen LogP contribution in [0.5, 0.6) is 0 Å². The first-order valence-corrected chi connectivity index (χ1v) is 9.94. The van der Waals surface area contributed by atoms with Crippen molar-refractivity contribution in [1.82, 2.24) is 15.8 Å². The molecule has 2 heterocycles. The summed E-state index contributed by atoms with van der Waals surface area (Å²) in [5.74, 6) is 1.66. The molecule has 2 N–H and O–H groups in total. The third kappa shape index (κ3) is 6.19. The van der Waals surface area contributed by atoms with Crippen LogP contribution in [0.1, 0.15) is 50.1 Å². The maximum Gasteiger partial charge on any atom is 0.248 e. The average Bonchev–Trinajstić information content (AvgIpc) is 3.19. The van der Waals surface area contributed by atoms with E-state index in [1.54, 1.807) is 0 Å². The van der Waals surface area contributed by atoms with Gasteiger partial charge in [0.05, 0.1) is 12.2 Å². The number of carbonyl (C=O) groups is 1. The second kappa shape index (κ2) is 11.2. The minimum absolute atomic E-state index is 0. The summed E-state index contributed by atoms with van der Waals surface area (Å²) >= 11 is 0. The molecular weight excluding hydrogens is 481 g/mol. The highest BCUT2D eigenvalue weighted by atomic mass is 127. The summed E-state index contributed by atoms with van der Waals surface area (Å²) in [5, 5.41) is 10.4. The number of aryl methyl sites for hydroxylation is 1. The molecule has 1 aliphatic rings. The first kappa shape index (κ1) is 23.2. The van der Waals surface area contributed by atoms with Crippen molar-refractivity contribution < 1.29 is 9.32 Å². The number of carbonyl (C=O) groups excluding carboxylic acids is 1. The molecule has 0 saturated carbocycles. The Bertz CT molecular complexity index is 834. The van der Waals surface area contributed by atoms with Crippen LogP contribution >= 0.6 is 24.0 Å². The molecule has 1 amide bonds. The number of guanidine groups is 1. The van der Waals surface area contributed by atoms with Crippen LogP contribution in [0.3, 0.4) is 0 Å². The van der Waals surface area contributed by atoms with E-state index in [2.05, 4.69) is 40.7 Å². The molecule has 0 unspecified atom stereocenters. The number of rotatable bonds is 6. The van der Waals surface area contributed by atoms with Crippen molar-refractivity contribution in [2.75, 3.05) is 24.5 Å². The summed E-state index contributed by atoms with van der Waals surface area (Å²) in [5.41, 5.74) is 3.16. The predicted molar refractivity (Wildman–Crippen MR) is 126 cm³/mol. The summed E-state index contributed by atoms with van der Waals surface area (Å²) in [7, 11) is 0. The Morgan fingerprint density at radius 3 is 2.83 bits per heavy atom. The average molecular weight is 511 g/mol. The quantitative estimate of drug-likeness (QED) is 0.353. The van der Waals surface area contributed by atoms with Gasteiger partial charge in [-0.3, -0.25) is 4.79 Å². The second-order valence-corrected chi connectivity index (χ2v) is 7.20. The number of para-hydroxylation sites is 1. The van der Waals surface area contributed by atoms with E-state index in [1.165, 1.54) is 5.56 Å². The Labute approximate surface area is 189 Å². The van der Waals surface area contributed by atoms with Crippen molar-refractivity contribution in [1.29, 1.82) is 0 Å². The van der Waals surface area contributed by atoms with Gasteiger partial charge in [0.2, 0.25) is 5.91 Å². The minimum Gasteiger partial charge on any atom is -0.359 e. The number of benzene rings is 1. The van der Waals surface area contributed by atoms with Gasteiger partial charge in [0, 0.05) is 24.8 Å². The molecule has 29 heavy (non-hydrogen) atoms. The van der Waals surface area contributed by atoms with Crippen molar-refractivity contribution in [3.05, 3.63) is 47.3 Å².